The monoisotopic (exact) mass is 1040 g/mol. The number of hydrogen-bond acceptors (Lipinski definition) is 10. The van der Waals surface area contributed by atoms with Gasteiger partial charge in [0.05, 0.1) is 19.8 Å². The maximum atomic E-state index is 12.9. The first-order valence-corrected chi connectivity index (χ1v) is 31.7. The van der Waals surface area contributed by atoms with E-state index in [4.69, 9.17) is 23.3 Å². The molecule has 0 spiro atoms. The number of esters is 3. The van der Waals surface area contributed by atoms with E-state index in [1.165, 1.54) is 161 Å². The lowest BCUT2D eigenvalue weighted by Gasteiger charge is -2.21. The molecule has 0 radical (unpaired) electrons. The first-order chi connectivity index (χ1) is 35.2. The molecule has 0 saturated heterocycles. The molecule has 3 atom stereocenters. The summed E-state index contributed by atoms with van der Waals surface area (Å²) in [6.45, 7) is 4.66. The minimum atomic E-state index is -4.74. The molecule has 424 valence electrons. The molecule has 0 amide bonds. The van der Waals surface area contributed by atoms with E-state index in [9.17, 15) is 28.9 Å². The van der Waals surface area contributed by atoms with Gasteiger partial charge in [0.15, 0.2) is 6.10 Å². The van der Waals surface area contributed by atoms with Crippen LogP contribution >= 0.6 is 7.82 Å². The van der Waals surface area contributed by atoms with Gasteiger partial charge in [-0.15, -0.1) is 0 Å². The molecule has 0 aromatic heterocycles. The zero-order chi connectivity index (χ0) is 52.7. The number of carbonyl (C=O) groups excluding carboxylic acids is 3. The smallest absolute Gasteiger partial charge is 0.462 e. The van der Waals surface area contributed by atoms with Gasteiger partial charge in [0.2, 0.25) is 0 Å². The zero-order valence-electron chi connectivity index (χ0n) is 46.9. The number of aliphatic hydroxyl groups excluding tert-OH is 1. The molecule has 72 heavy (non-hydrogen) atoms. The van der Waals surface area contributed by atoms with Crippen molar-refractivity contribution in [3.63, 3.8) is 0 Å². The van der Waals surface area contributed by atoms with Crippen LogP contribution in [-0.2, 0) is 42.2 Å². The fraction of sp³-hybridized carbons (Fsp3) is 0.883. The maximum absolute atomic E-state index is 12.9. The second-order valence-electron chi connectivity index (χ2n) is 20.5. The normalized spacial score (nSPS) is 13.5. The van der Waals surface area contributed by atoms with Crippen molar-refractivity contribution in [1.29, 1.82) is 0 Å². The summed E-state index contributed by atoms with van der Waals surface area (Å²) in [4.78, 5) is 48.6. The molecule has 0 bridgehead atoms. The molecule has 0 heterocycles. The fourth-order valence-electron chi connectivity index (χ4n) is 8.74. The van der Waals surface area contributed by atoms with Crippen LogP contribution in [0.4, 0.5) is 0 Å². The van der Waals surface area contributed by atoms with E-state index < -0.39 is 57.8 Å². The Hall–Kier alpha value is -2.04. The zero-order valence-corrected chi connectivity index (χ0v) is 47.8. The molecule has 0 rings (SSSR count). The number of unbranched alkanes of at least 4 members (excludes halogenated alkanes) is 36. The lowest BCUT2D eigenvalue weighted by Crippen LogP contribution is -2.30. The number of hydrogen-bond donors (Lipinski definition) is 2. The summed E-state index contributed by atoms with van der Waals surface area (Å²) in [6, 6.07) is 0. The number of ether oxygens (including phenoxy) is 3. The van der Waals surface area contributed by atoms with Crippen molar-refractivity contribution in [2.45, 2.75) is 315 Å². The lowest BCUT2D eigenvalue weighted by molar-refractivity contribution is -0.161. The van der Waals surface area contributed by atoms with Gasteiger partial charge in [-0.05, 0) is 51.4 Å². The molecule has 0 aromatic rings. The van der Waals surface area contributed by atoms with E-state index in [0.717, 1.165) is 83.5 Å². The molecular weight excluding hydrogens is 928 g/mol. The molecule has 12 heteroatoms. The molecule has 3 unspecified atom stereocenters. The highest BCUT2D eigenvalue weighted by molar-refractivity contribution is 7.47. The Morgan fingerprint density at radius 3 is 1.06 bits per heavy atom. The van der Waals surface area contributed by atoms with E-state index in [1.807, 2.05) is 0 Å². The van der Waals surface area contributed by atoms with Gasteiger partial charge in [0.1, 0.15) is 12.7 Å². The number of aliphatic hydroxyl groups is 1. The third-order valence-corrected chi connectivity index (χ3v) is 14.3. The van der Waals surface area contributed by atoms with Crippen molar-refractivity contribution < 1.29 is 52.2 Å². The molecule has 0 fully saturated rings. The highest BCUT2D eigenvalue weighted by Gasteiger charge is 2.28. The first-order valence-electron chi connectivity index (χ1n) is 30.2. The predicted molar refractivity (Wildman–Crippen MR) is 298 cm³/mol. The van der Waals surface area contributed by atoms with E-state index in [0.29, 0.717) is 19.3 Å². The SMILES string of the molecule is CCCCC/C=C\C/C=C\CCCCCCCC(=O)OC(COC(=O)CCCCCCCCCCCCCCCCCCC)COP(=O)(O)OCC(CO)OC(=O)CCCCCCCCCCCCCCC. The largest absolute Gasteiger partial charge is 0.472 e. The second-order valence-corrected chi connectivity index (χ2v) is 22.0. The molecule has 11 nitrogen and oxygen atoms in total. The minimum absolute atomic E-state index is 0.157. The minimum Gasteiger partial charge on any atom is -0.462 e. The number of allylic oxidation sites excluding steroid dienone is 4. The summed E-state index contributed by atoms with van der Waals surface area (Å²) in [5.41, 5.74) is 0. The van der Waals surface area contributed by atoms with Crippen LogP contribution in [0.3, 0.4) is 0 Å². The Morgan fingerprint density at radius 2 is 0.681 bits per heavy atom. The van der Waals surface area contributed by atoms with Crippen LogP contribution in [0.15, 0.2) is 24.3 Å². The summed E-state index contributed by atoms with van der Waals surface area (Å²) in [6.07, 6.45) is 55.6. The van der Waals surface area contributed by atoms with Crippen molar-refractivity contribution in [2.75, 3.05) is 26.4 Å². The van der Waals surface area contributed by atoms with Gasteiger partial charge >= 0.3 is 25.7 Å². The van der Waals surface area contributed by atoms with Crippen molar-refractivity contribution >= 4 is 25.7 Å². The Balaban J connectivity index is 4.68. The Kier molecular flexibility index (Phi) is 53.6. The van der Waals surface area contributed by atoms with Crippen LogP contribution in [0.2, 0.25) is 0 Å². The Labute approximate surface area is 442 Å². The van der Waals surface area contributed by atoms with Gasteiger partial charge < -0.3 is 24.2 Å². The summed E-state index contributed by atoms with van der Waals surface area (Å²) >= 11 is 0. The highest BCUT2D eigenvalue weighted by Crippen LogP contribution is 2.43. The van der Waals surface area contributed by atoms with E-state index in [-0.39, 0.29) is 25.9 Å². The topological polar surface area (TPSA) is 155 Å². The Morgan fingerprint density at radius 1 is 0.389 bits per heavy atom. The van der Waals surface area contributed by atoms with Crippen LogP contribution in [0.25, 0.3) is 0 Å². The standard InChI is InChI=1S/C60H113O11P/c1-4-7-10-13-16-19-22-25-27-28-30-32-34-37-40-43-46-49-58(62)67-53-57(71-60(64)51-48-45-42-39-36-33-29-26-23-20-17-14-11-8-5-2)55-69-72(65,66)68-54-56(52-61)70-59(63)50-47-44-41-38-35-31-24-21-18-15-12-9-6-3/h17,20,26,29,56-57,61H,4-16,18-19,21-25,27-28,30-55H2,1-3H3,(H,65,66)/b20-17-,29-26-. The predicted octanol–water partition coefficient (Wildman–Crippen LogP) is 17.8. The van der Waals surface area contributed by atoms with Crippen LogP contribution in [0, 0.1) is 0 Å². The lowest BCUT2D eigenvalue weighted by atomic mass is 10.0. The molecule has 0 aliphatic heterocycles. The van der Waals surface area contributed by atoms with E-state index in [2.05, 4.69) is 45.1 Å². The molecule has 0 aliphatic carbocycles. The first kappa shape index (κ1) is 70.0. The number of phosphoric acid groups is 1. The van der Waals surface area contributed by atoms with Gasteiger partial charge in [-0.3, -0.25) is 23.4 Å². The van der Waals surface area contributed by atoms with E-state index in [1.54, 1.807) is 0 Å². The average Bonchev–Trinajstić information content (AvgIpc) is 3.37. The fourth-order valence-corrected chi connectivity index (χ4v) is 9.53. The molecule has 0 saturated carbocycles. The number of carbonyl (C=O) groups is 3. The van der Waals surface area contributed by atoms with Gasteiger partial charge in [-0.2, -0.15) is 0 Å². The van der Waals surface area contributed by atoms with E-state index >= 15 is 0 Å². The third-order valence-electron chi connectivity index (χ3n) is 13.4. The van der Waals surface area contributed by atoms with Gasteiger partial charge in [0, 0.05) is 19.3 Å². The van der Waals surface area contributed by atoms with Gasteiger partial charge in [-0.1, -0.05) is 257 Å². The second kappa shape index (κ2) is 55.2. The molecule has 0 aliphatic rings. The molecular formula is C60H113O11P. The van der Waals surface area contributed by atoms with Gasteiger partial charge in [-0.25, -0.2) is 4.57 Å². The highest BCUT2D eigenvalue weighted by atomic mass is 31.2. The summed E-state index contributed by atoms with van der Waals surface area (Å²) in [7, 11) is -4.74. The van der Waals surface area contributed by atoms with Crippen LogP contribution in [0.5, 0.6) is 0 Å². The summed E-state index contributed by atoms with van der Waals surface area (Å²) in [5, 5.41) is 9.81. The van der Waals surface area contributed by atoms with Crippen molar-refractivity contribution in [2.24, 2.45) is 0 Å². The van der Waals surface area contributed by atoms with Crippen LogP contribution in [-0.4, -0.2) is 66.5 Å². The van der Waals surface area contributed by atoms with Crippen LogP contribution < -0.4 is 0 Å². The van der Waals surface area contributed by atoms with Crippen LogP contribution in [0.1, 0.15) is 303 Å². The summed E-state index contributed by atoms with van der Waals surface area (Å²) in [5.74, 6) is -1.45. The van der Waals surface area contributed by atoms with Crippen molar-refractivity contribution in [3.05, 3.63) is 24.3 Å². The van der Waals surface area contributed by atoms with Crippen molar-refractivity contribution in [3.8, 4) is 0 Å². The average molecular weight is 1040 g/mol. The quantitative estimate of drug-likeness (QED) is 0.0197. The third kappa shape index (κ3) is 52.8. The van der Waals surface area contributed by atoms with Crippen molar-refractivity contribution in [1.82, 2.24) is 0 Å². The summed E-state index contributed by atoms with van der Waals surface area (Å²) < 4.78 is 39.6. The van der Waals surface area contributed by atoms with Gasteiger partial charge in [0.25, 0.3) is 0 Å². The number of phosphoric ester groups is 1. The molecule has 0 aromatic carbocycles. The number of rotatable bonds is 57. The molecule has 2 N–H and O–H groups in total. The Bertz CT molecular complexity index is 1310. The maximum Gasteiger partial charge on any atom is 0.472 e.